The highest BCUT2D eigenvalue weighted by atomic mass is 79.9. The van der Waals surface area contributed by atoms with Gasteiger partial charge in [-0.3, -0.25) is 0 Å². The fourth-order valence-corrected chi connectivity index (χ4v) is 3.27. The first-order valence-electron chi connectivity index (χ1n) is 6.93. The third kappa shape index (κ3) is 2.66. The molecule has 21 heavy (non-hydrogen) atoms. The Kier molecular flexibility index (Phi) is 3.94. The largest absolute Gasteiger partial charge is 0.376 e. The molecular formula is C17H14BrFN2. The minimum absolute atomic E-state index is 0.115. The summed E-state index contributed by atoms with van der Waals surface area (Å²) < 4.78 is 14.5. The van der Waals surface area contributed by atoms with Crippen molar-refractivity contribution in [3.8, 4) is 6.07 Å². The molecule has 0 amide bonds. The van der Waals surface area contributed by atoms with E-state index in [9.17, 15) is 4.39 Å². The summed E-state index contributed by atoms with van der Waals surface area (Å²) in [6, 6.07) is 13.6. The number of anilines is 1. The van der Waals surface area contributed by atoms with Crippen LogP contribution in [0.25, 0.3) is 0 Å². The topological polar surface area (TPSA) is 35.8 Å². The predicted molar refractivity (Wildman–Crippen MR) is 84.6 cm³/mol. The van der Waals surface area contributed by atoms with E-state index in [1.165, 1.54) is 11.1 Å². The molecule has 1 aliphatic carbocycles. The Hall–Kier alpha value is -1.86. The Bertz CT molecular complexity index is 721. The van der Waals surface area contributed by atoms with Gasteiger partial charge < -0.3 is 5.32 Å². The molecular weight excluding hydrogens is 331 g/mol. The third-order valence-electron chi connectivity index (χ3n) is 3.90. The highest BCUT2D eigenvalue weighted by molar-refractivity contribution is 9.10. The Morgan fingerprint density at radius 2 is 2.05 bits per heavy atom. The zero-order valence-electron chi connectivity index (χ0n) is 11.4. The van der Waals surface area contributed by atoms with Crippen LogP contribution < -0.4 is 5.32 Å². The third-order valence-corrected chi connectivity index (χ3v) is 4.68. The molecule has 1 aliphatic rings. The van der Waals surface area contributed by atoms with Crippen LogP contribution in [0.15, 0.2) is 40.9 Å². The molecule has 106 valence electrons. The molecule has 1 N–H and O–H groups in total. The maximum absolute atomic E-state index is 14.3. The van der Waals surface area contributed by atoms with Crippen molar-refractivity contribution in [2.45, 2.75) is 25.3 Å². The number of halogens is 2. The molecule has 2 aromatic rings. The van der Waals surface area contributed by atoms with Crippen molar-refractivity contribution in [2.24, 2.45) is 0 Å². The standard InChI is InChI=1S/C17H14BrFN2/c18-16-12(10-20)8-9-15(17(16)19)21-14-7-3-5-11-4-1-2-6-13(11)14/h1-2,4,6,8-9,14,21H,3,5,7H2. The summed E-state index contributed by atoms with van der Waals surface area (Å²) in [6.07, 6.45) is 3.15. The lowest BCUT2D eigenvalue weighted by Crippen LogP contribution is -2.18. The maximum Gasteiger partial charge on any atom is 0.161 e. The van der Waals surface area contributed by atoms with Gasteiger partial charge in [0.25, 0.3) is 0 Å². The van der Waals surface area contributed by atoms with E-state index in [0.717, 1.165) is 19.3 Å². The smallest absolute Gasteiger partial charge is 0.161 e. The van der Waals surface area contributed by atoms with Gasteiger partial charge in [0.05, 0.1) is 21.8 Å². The molecule has 1 atom stereocenters. The minimum atomic E-state index is -0.405. The maximum atomic E-state index is 14.3. The lowest BCUT2D eigenvalue weighted by molar-refractivity contribution is 0.584. The predicted octanol–water partition coefficient (Wildman–Crippen LogP) is 4.95. The Morgan fingerprint density at radius 3 is 2.86 bits per heavy atom. The second-order valence-electron chi connectivity index (χ2n) is 5.19. The van der Waals surface area contributed by atoms with E-state index in [1.807, 2.05) is 18.2 Å². The molecule has 1 unspecified atom stereocenters. The van der Waals surface area contributed by atoms with Gasteiger partial charge in [-0.25, -0.2) is 4.39 Å². The van der Waals surface area contributed by atoms with Crippen molar-refractivity contribution in [3.63, 3.8) is 0 Å². The van der Waals surface area contributed by atoms with Crippen molar-refractivity contribution < 1.29 is 4.39 Å². The second-order valence-corrected chi connectivity index (χ2v) is 5.98. The monoisotopic (exact) mass is 344 g/mol. The van der Waals surface area contributed by atoms with Crippen molar-refractivity contribution >= 4 is 21.6 Å². The van der Waals surface area contributed by atoms with E-state index < -0.39 is 5.82 Å². The zero-order chi connectivity index (χ0) is 14.8. The molecule has 0 aromatic heterocycles. The first-order valence-corrected chi connectivity index (χ1v) is 7.72. The summed E-state index contributed by atoms with van der Waals surface area (Å²) in [4.78, 5) is 0. The number of fused-ring (bicyclic) bond motifs is 1. The summed E-state index contributed by atoms with van der Waals surface area (Å²) >= 11 is 3.15. The van der Waals surface area contributed by atoms with E-state index in [1.54, 1.807) is 12.1 Å². The molecule has 2 aromatic carbocycles. The normalized spacial score (nSPS) is 16.9. The zero-order valence-corrected chi connectivity index (χ0v) is 13.0. The second kappa shape index (κ2) is 5.87. The molecule has 4 heteroatoms. The summed E-state index contributed by atoms with van der Waals surface area (Å²) in [5.74, 6) is -0.405. The molecule has 0 aliphatic heterocycles. The number of hydrogen-bond donors (Lipinski definition) is 1. The Labute approximate surface area is 131 Å². The average Bonchev–Trinajstić information content (AvgIpc) is 2.52. The van der Waals surface area contributed by atoms with Gasteiger partial charge in [-0.05, 0) is 58.5 Å². The molecule has 0 fully saturated rings. The molecule has 0 bridgehead atoms. The van der Waals surface area contributed by atoms with Gasteiger partial charge in [0.15, 0.2) is 5.82 Å². The molecule has 0 spiro atoms. The van der Waals surface area contributed by atoms with Crippen LogP contribution in [0.2, 0.25) is 0 Å². The highest BCUT2D eigenvalue weighted by Gasteiger charge is 2.21. The lowest BCUT2D eigenvalue weighted by atomic mass is 9.87. The van der Waals surface area contributed by atoms with E-state index in [-0.39, 0.29) is 10.5 Å². The van der Waals surface area contributed by atoms with Crippen LogP contribution in [-0.4, -0.2) is 0 Å². The number of hydrogen-bond acceptors (Lipinski definition) is 2. The first-order chi connectivity index (χ1) is 10.2. The Balaban J connectivity index is 1.92. The lowest BCUT2D eigenvalue weighted by Gasteiger charge is -2.27. The van der Waals surface area contributed by atoms with Gasteiger partial charge in [0.1, 0.15) is 6.07 Å². The van der Waals surface area contributed by atoms with Gasteiger partial charge in [0.2, 0.25) is 0 Å². The van der Waals surface area contributed by atoms with Gasteiger partial charge in [0, 0.05) is 0 Å². The van der Waals surface area contributed by atoms with E-state index in [0.29, 0.717) is 11.3 Å². The van der Waals surface area contributed by atoms with Crippen molar-refractivity contribution in [1.29, 1.82) is 5.26 Å². The Morgan fingerprint density at radius 1 is 1.24 bits per heavy atom. The molecule has 0 saturated carbocycles. The van der Waals surface area contributed by atoms with Crippen LogP contribution in [0.3, 0.4) is 0 Å². The van der Waals surface area contributed by atoms with E-state index in [2.05, 4.69) is 33.4 Å². The van der Waals surface area contributed by atoms with Crippen LogP contribution in [0.1, 0.15) is 35.6 Å². The first kappa shape index (κ1) is 14.1. The summed E-state index contributed by atoms with van der Waals surface area (Å²) in [5, 5.41) is 12.2. The fourth-order valence-electron chi connectivity index (χ4n) is 2.84. The highest BCUT2D eigenvalue weighted by Crippen LogP contribution is 2.34. The summed E-state index contributed by atoms with van der Waals surface area (Å²) in [5.41, 5.74) is 3.31. The fraction of sp³-hybridized carbons (Fsp3) is 0.235. The summed E-state index contributed by atoms with van der Waals surface area (Å²) in [7, 11) is 0. The van der Waals surface area contributed by atoms with Gasteiger partial charge in [-0.15, -0.1) is 0 Å². The molecule has 0 radical (unpaired) electrons. The molecule has 0 saturated heterocycles. The number of nitrogens with zero attached hydrogens (tertiary/aromatic N) is 1. The molecule has 0 heterocycles. The number of rotatable bonds is 2. The van der Waals surface area contributed by atoms with Crippen LogP contribution in [0.4, 0.5) is 10.1 Å². The number of nitriles is 1. The molecule has 3 rings (SSSR count). The van der Waals surface area contributed by atoms with Gasteiger partial charge >= 0.3 is 0 Å². The van der Waals surface area contributed by atoms with Gasteiger partial charge in [-0.2, -0.15) is 5.26 Å². The summed E-state index contributed by atoms with van der Waals surface area (Å²) in [6.45, 7) is 0. The van der Waals surface area contributed by atoms with Crippen LogP contribution >= 0.6 is 15.9 Å². The number of nitrogens with one attached hydrogen (secondary N) is 1. The van der Waals surface area contributed by atoms with Crippen molar-refractivity contribution in [3.05, 3.63) is 63.4 Å². The SMILES string of the molecule is N#Cc1ccc(NC2CCCc3ccccc32)c(F)c1Br. The minimum Gasteiger partial charge on any atom is -0.376 e. The van der Waals surface area contributed by atoms with Crippen LogP contribution in [0.5, 0.6) is 0 Å². The van der Waals surface area contributed by atoms with Crippen molar-refractivity contribution in [1.82, 2.24) is 0 Å². The van der Waals surface area contributed by atoms with Gasteiger partial charge in [-0.1, -0.05) is 24.3 Å². The number of aryl methyl sites for hydroxylation is 1. The average molecular weight is 345 g/mol. The van der Waals surface area contributed by atoms with Crippen LogP contribution in [-0.2, 0) is 6.42 Å². The van der Waals surface area contributed by atoms with E-state index >= 15 is 0 Å². The van der Waals surface area contributed by atoms with Crippen molar-refractivity contribution in [2.75, 3.05) is 5.32 Å². The van der Waals surface area contributed by atoms with Crippen LogP contribution in [0, 0.1) is 17.1 Å². The number of benzene rings is 2. The quantitative estimate of drug-likeness (QED) is 0.836. The van der Waals surface area contributed by atoms with E-state index in [4.69, 9.17) is 5.26 Å². The molecule has 2 nitrogen and oxygen atoms in total.